The number of benzene rings is 1. The maximum atomic E-state index is 13.9. The number of piperidine rings is 1. The Kier molecular flexibility index (Phi) is 5.53. The fraction of sp³-hybridized carbons (Fsp3) is 0.444. The van der Waals surface area contributed by atoms with Gasteiger partial charge >= 0.3 is 6.03 Å². The Balaban J connectivity index is 1.45. The Labute approximate surface area is 147 Å². The highest BCUT2D eigenvalue weighted by Gasteiger charge is 2.23. The normalized spacial score (nSPS) is 17.4. The maximum Gasteiger partial charge on any atom is 0.315 e. The Morgan fingerprint density at radius 2 is 2.24 bits per heavy atom. The van der Waals surface area contributed by atoms with Crippen molar-refractivity contribution >= 4 is 11.7 Å². The second-order valence-corrected chi connectivity index (χ2v) is 6.41. The number of aromatic nitrogens is 2. The van der Waals surface area contributed by atoms with Gasteiger partial charge < -0.3 is 15.5 Å². The van der Waals surface area contributed by atoms with Crippen LogP contribution < -0.4 is 15.5 Å². The lowest BCUT2D eigenvalue weighted by atomic mass is 10.0. The van der Waals surface area contributed by atoms with Gasteiger partial charge in [0.25, 0.3) is 0 Å². The van der Waals surface area contributed by atoms with Crippen LogP contribution in [0.3, 0.4) is 0 Å². The van der Waals surface area contributed by atoms with Crippen LogP contribution in [-0.4, -0.2) is 41.5 Å². The second-order valence-electron chi connectivity index (χ2n) is 6.41. The number of rotatable bonds is 5. The summed E-state index contributed by atoms with van der Waals surface area (Å²) in [4.78, 5) is 14.1. The fourth-order valence-corrected chi connectivity index (χ4v) is 3.18. The van der Waals surface area contributed by atoms with Gasteiger partial charge in [-0.15, -0.1) is 0 Å². The van der Waals surface area contributed by atoms with Crippen molar-refractivity contribution in [2.24, 2.45) is 7.05 Å². The zero-order valence-corrected chi connectivity index (χ0v) is 14.4. The van der Waals surface area contributed by atoms with Crippen LogP contribution >= 0.6 is 0 Å². The van der Waals surface area contributed by atoms with Crippen LogP contribution in [0.25, 0.3) is 0 Å². The number of hydrogen-bond acceptors (Lipinski definition) is 3. The Bertz CT molecular complexity index is 717. The van der Waals surface area contributed by atoms with Crippen LogP contribution in [0.1, 0.15) is 18.4 Å². The number of anilines is 1. The summed E-state index contributed by atoms with van der Waals surface area (Å²) in [5, 5.41) is 9.97. The van der Waals surface area contributed by atoms with E-state index in [9.17, 15) is 9.18 Å². The van der Waals surface area contributed by atoms with Gasteiger partial charge in [-0.05, 0) is 37.0 Å². The highest BCUT2D eigenvalue weighted by Crippen LogP contribution is 2.22. The number of nitrogens with one attached hydrogen (secondary N) is 2. The lowest BCUT2D eigenvalue weighted by molar-refractivity contribution is 0.235. The summed E-state index contributed by atoms with van der Waals surface area (Å²) >= 11 is 0. The van der Waals surface area contributed by atoms with Gasteiger partial charge in [-0.1, -0.05) is 12.1 Å². The summed E-state index contributed by atoms with van der Waals surface area (Å²) in [6.45, 7) is 1.99. The quantitative estimate of drug-likeness (QED) is 0.872. The van der Waals surface area contributed by atoms with Gasteiger partial charge in [-0.25, -0.2) is 9.18 Å². The zero-order valence-electron chi connectivity index (χ0n) is 14.4. The fourth-order valence-electron chi connectivity index (χ4n) is 3.18. The number of carbonyl (C=O) groups is 1. The third-order valence-corrected chi connectivity index (χ3v) is 4.41. The van der Waals surface area contributed by atoms with E-state index in [2.05, 4.69) is 15.7 Å². The summed E-state index contributed by atoms with van der Waals surface area (Å²) in [6, 6.07) is 6.62. The number of nitrogens with zero attached hydrogens (tertiary/aromatic N) is 3. The molecule has 2 N–H and O–H groups in total. The number of urea groups is 1. The van der Waals surface area contributed by atoms with Crippen LogP contribution in [0.15, 0.2) is 36.7 Å². The molecule has 3 rings (SSSR count). The first-order valence-electron chi connectivity index (χ1n) is 8.63. The number of para-hydroxylation sites is 1. The summed E-state index contributed by atoms with van der Waals surface area (Å²) in [6.07, 6.45) is 6.31. The number of carbonyl (C=O) groups excluding carboxylic acids is 1. The molecule has 0 saturated carbocycles. The average Bonchev–Trinajstić information content (AvgIpc) is 3.01. The molecule has 1 fully saturated rings. The Hall–Kier alpha value is -2.57. The lowest BCUT2D eigenvalue weighted by Gasteiger charge is -2.34. The molecule has 1 aliphatic rings. The largest absolute Gasteiger partial charge is 0.367 e. The first-order valence-corrected chi connectivity index (χ1v) is 8.63. The second kappa shape index (κ2) is 8.00. The molecule has 1 aromatic heterocycles. The molecule has 1 aliphatic heterocycles. The van der Waals surface area contributed by atoms with E-state index in [1.807, 2.05) is 24.2 Å². The summed E-state index contributed by atoms with van der Waals surface area (Å²) < 4.78 is 15.7. The van der Waals surface area contributed by atoms with Crippen molar-refractivity contribution < 1.29 is 9.18 Å². The Morgan fingerprint density at radius 3 is 3.00 bits per heavy atom. The molecule has 134 valence electrons. The average molecular weight is 345 g/mol. The molecule has 0 unspecified atom stereocenters. The number of hydrogen-bond donors (Lipinski definition) is 2. The first kappa shape index (κ1) is 17.3. The van der Waals surface area contributed by atoms with Crippen molar-refractivity contribution in [2.45, 2.75) is 25.3 Å². The molecule has 0 bridgehead atoms. The standard InChI is InChI=1S/C18H24FN5O/c1-23-12-14(11-21-23)8-9-20-18(25)22-15-5-4-10-24(13-15)17-7-3-2-6-16(17)19/h2-3,6-7,11-12,15H,4-5,8-10,13H2,1H3,(H2,20,22,25)/t15-/m1/s1. The van der Waals surface area contributed by atoms with Crippen LogP contribution in [0, 0.1) is 5.82 Å². The van der Waals surface area contributed by atoms with E-state index >= 15 is 0 Å². The third kappa shape index (κ3) is 4.71. The zero-order chi connectivity index (χ0) is 17.6. The SMILES string of the molecule is Cn1cc(CCNC(=O)N[C@@H]2CCCN(c3ccccc3F)C2)cn1. The van der Waals surface area contributed by atoms with Crippen molar-refractivity contribution in [2.75, 3.05) is 24.5 Å². The number of aryl methyl sites for hydroxylation is 1. The van der Waals surface area contributed by atoms with Gasteiger partial charge in [0.2, 0.25) is 0 Å². The monoisotopic (exact) mass is 345 g/mol. The van der Waals surface area contributed by atoms with Crippen molar-refractivity contribution in [3.05, 3.63) is 48.0 Å². The van der Waals surface area contributed by atoms with Crippen LogP contribution in [0.2, 0.25) is 0 Å². The first-order chi connectivity index (χ1) is 12.1. The molecule has 7 heteroatoms. The molecule has 25 heavy (non-hydrogen) atoms. The van der Waals surface area contributed by atoms with Gasteiger partial charge in [-0.2, -0.15) is 5.10 Å². The smallest absolute Gasteiger partial charge is 0.315 e. The summed E-state index contributed by atoms with van der Waals surface area (Å²) in [5.74, 6) is -0.218. The van der Waals surface area contributed by atoms with Crippen molar-refractivity contribution in [1.82, 2.24) is 20.4 Å². The van der Waals surface area contributed by atoms with Gasteiger partial charge in [0.05, 0.1) is 11.9 Å². The minimum Gasteiger partial charge on any atom is -0.367 e. The topological polar surface area (TPSA) is 62.2 Å². The number of amides is 2. The van der Waals surface area contributed by atoms with Crippen molar-refractivity contribution in [3.8, 4) is 0 Å². The molecule has 1 atom stereocenters. The molecular formula is C18H24FN5O. The van der Waals surface area contributed by atoms with Crippen LogP contribution in [-0.2, 0) is 13.5 Å². The van der Waals surface area contributed by atoms with Gasteiger partial charge in [0.15, 0.2) is 0 Å². The minimum absolute atomic E-state index is 0.0201. The number of halogens is 1. The molecule has 2 heterocycles. The van der Waals surface area contributed by atoms with Crippen molar-refractivity contribution in [3.63, 3.8) is 0 Å². The van der Waals surface area contributed by atoms with E-state index in [4.69, 9.17) is 0 Å². The molecular weight excluding hydrogens is 321 g/mol. The van der Waals surface area contributed by atoms with Gasteiger partial charge in [0.1, 0.15) is 5.82 Å². The molecule has 0 radical (unpaired) electrons. The predicted octanol–water partition coefficient (Wildman–Crippen LogP) is 2.07. The van der Waals surface area contributed by atoms with E-state index in [0.717, 1.165) is 31.4 Å². The highest BCUT2D eigenvalue weighted by molar-refractivity contribution is 5.74. The molecule has 1 aromatic carbocycles. The van der Waals surface area contributed by atoms with E-state index in [0.29, 0.717) is 18.8 Å². The van der Waals surface area contributed by atoms with E-state index in [1.54, 1.807) is 23.0 Å². The van der Waals surface area contributed by atoms with Crippen LogP contribution in [0.4, 0.5) is 14.9 Å². The molecule has 2 amide bonds. The molecule has 1 saturated heterocycles. The predicted molar refractivity (Wildman–Crippen MR) is 95.1 cm³/mol. The summed E-state index contributed by atoms with van der Waals surface area (Å²) in [5.41, 5.74) is 1.69. The molecule has 6 nitrogen and oxygen atoms in total. The van der Waals surface area contributed by atoms with Gasteiger partial charge in [-0.3, -0.25) is 4.68 Å². The Morgan fingerprint density at radius 1 is 1.40 bits per heavy atom. The lowest BCUT2D eigenvalue weighted by Crippen LogP contribution is -2.51. The minimum atomic E-state index is -0.218. The summed E-state index contributed by atoms with van der Waals surface area (Å²) in [7, 11) is 1.87. The van der Waals surface area contributed by atoms with Gasteiger partial charge in [0, 0.05) is 38.9 Å². The molecule has 0 spiro atoms. The highest BCUT2D eigenvalue weighted by atomic mass is 19.1. The third-order valence-electron chi connectivity index (χ3n) is 4.41. The van der Waals surface area contributed by atoms with E-state index in [-0.39, 0.29) is 17.9 Å². The molecule has 0 aliphatic carbocycles. The van der Waals surface area contributed by atoms with Crippen LogP contribution in [0.5, 0.6) is 0 Å². The van der Waals surface area contributed by atoms with E-state index in [1.165, 1.54) is 6.07 Å². The maximum absolute atomic E-state index is 13.9. The van der Waals surface area contributed by atoms with E-state index < -0.39 is 0 Å². The van der Waals surface area contributed by atoms with Crippen molar-refractivity contribution in [1.29, 1.82) is 0 Å². The molecule has 2 aromatic rings.